The molecule has 3 aromatic rings. The standard InChI is InChI=1S/C16H16N4O4S/c1-20(16-19-10(7-25-16)15(21)22)11-6-18-14(17)13-9(11)4-8(23-2)5-12(13)24-3/h4-7H,1-3H3,(H2,17,18)(H,21,22). The highest BCUT2D eigenvalue weighted by Gasteiger charge is 2.19. The Labute approximate surface area is 147 Å². The normalized spacial score (nSPS) is 10.7. The fourth-order valence-electron chi connectivity index (χ4n) is 2.49. The first-order valence-electron chi connectivity index (χ1n) is 7.19. The summed E-state index contributed by atoms with van der Waals surface area (Å²) in [5.74, 6) is 0.409. The van der Waals surface area contributed by atoms with Gasteiger partial charge in [-0.1, -0.05) is 0 Å². The molecule has 25 heavy (non-hydrogen) atoms. The van der Waals surface area contributed by atoms with E-state index in [1.165, 1.54) is 16.7 Å². The molecule has 0 aliphatic heterocycles. The summed E-state index contributed by atoms with van der Waals surface area (Å²) < 4.78 is 10.7. The van der Waals surface area contributed by atoms with Crippen LogP contribution in [0.15, 0.2) is 23.7 Å². The molecule has 130 valence electrons. The number of aromatic carboxylic acids is 1. The van der Waals surface area contributed by atoms with Gasteiger partial charge in [-0.25, -0.2) is 14.8 Å². The summed E-state index contributed by atoms with van der Waals surface area (Å²) in [7, 11) is 4.89. The average molecular weight is 360 g/mol. The molecule has 0 spiro atoms. The molecule has 9 heteroatoms. The highest BCUT2D eigenvalue weighted by atomic mass is 32.1. The van der Waals surface area contributed by atoms with Crippen molar-refractivity contribution in [3.05, 3.63) is 29.4 Å². The molecule has 2 aromatic heterocycles. The first kappa shape index (κ1) is 16.8. The van der Waals surface area contributed by atoms with Crippen molar-refractivity contribution in [1.29, 1.82) is 0 Å². The summed E-state index contributed by atoms with van der Waals surface area (Å²) in [6.07, 6.45) is 1.61. The number of fused-ring (bicyclic) bond motifs is 1. The van der Waals surface area contributed by atoms with Crippen molar-refractivity contribution in [3.63, 3.8) is 0 Å². The van der Waals surface area contributed by atoms with Crippen molar-refractivity contribution in [3.8, 4) is 11.5 Å². The Morgan fingerprint density at radius 2 is 2.08 bits per heavy atom. The van der Waals surface area contributed by atoms with E-state index in [4.69, 9.17) is 20.3 Å². The van der Waals surface area contributed by atoms with Crippen molar-refractivity contribution in [2.45, 2.75) is 0 Å². The Morgan fingerprint density at radius 3 is 2.68 bits per heavy atom. The summed E-state index contributed by atoms with van der Waals surface area (Å²) >= 11 is 1.23. The van der Waals surface area contributed by atoms with Crippen LogP contribution < -0.4 is 20.1 Å². The maximum absolute atomic E-state index is 11.1. The van der Waals surface area contributed by atoms with Gasteiger partial charge in [-0.15, -0.1) is 11.3 Å². The van der Waals surface area contributed by atoms with Crippen molar-refractivity contribution in [2.24, 2.45) is 0 Å². The third-order valence-corrected chi connectivity index (χ3v) is 4.67. The van der Waals surface area contributed by atoms with E-state index in [-0.39, 0.29) is 5.69 Å². The summed E-state index contributed by atoms with van der Waals surface area (Å²) in [6.45, 7) is 0. The zero-order chi connectivity index (χ0) is 18.1. The van der Waals surface area contributed by atoms with Crippen molar-refractivity contribution < 1.29 is 19.4 Å². The minimum absolute atomic E-state index is 0.00489. The van der Waals surface area contributed by atoms with Crippen LogP contribution in [0, 0.1) is 0 Å². The van der Waals surface area contributed by atoms with Crippen molar-refractivity contribution in [1.82, 2.24) is 9.97 Å². The third-order valence-electron chi connectivity index (χ3n) is 3.75. The van der Waals surface area contributed by atoms with E-state index in [9.17, 15) is 4.79 Å². The molecule has 0 aliphatic rings. The van der Waals surface area contributed by atoms with Gasteiger partial charge in [0.25, 0.3) is 0 Å². The van der Waals surface area contributed by atoms with Gasteiger partial charge in [0, 0.05) is 23.9 Å². The molecule has 0 unspecified atom stereocenters. The lowest BCUT2D eigenvalue weighted by Gasteiger charge is -2.20. The summed E-state index contributed by atoms with van der Waals surface area (Å²) in [4.78, 5) is 21.2. The fourth-order valence-corrected chi connectivity index (χ4v) is 3.26. The lowest BCUT2D eigenvalue weighted by molar-refractivity contribution is 0.0691. The predicted molar refractivity (Wildman–Crippen MR) is 96.4 cm³/mol. The molecule has 0 aliphatic carbocycles. The zero-order valence-electron chi connectivity index (χ0n) is 13.8. The van der Waals surface area contributed by atoms with Gasteiger partial charge in [0.2, 0.25) is 0 Å². The van der Waals surface area contributed by atoms with E-state index in [2.05, 4.69) is 9.97 Å². The first-order valence-corrected chi connectivity index (χ1v) is 8.07. The maximum Gasteiger partial charge on any atom is 0.355 e. The molecule has 8 nitrogen and oxygen atoms in total. The monoisotopic (exact) mass is 360 g/mol. The number of carboxylic acids is 1. The molecule has 3 rings (SSSR count). The maximum atomic E-state index is 11.1. The van der Waals surface area contributed by atoms with E-state index >= 15 is 0 Å². The largest absolute Gasteiger partial charge is 0.497 e. The number of anilines is 3. The number of nitrogen functional groups attached to an aromatic ring is 1. The molecule has 0 atom stereocenters. The van der Waals surface area contributed by atoms with Crippen LogP contribution in [-0.4, -0.2) is 42.3 Å². The second kappa shape index (κ2) is 6.44. The third kappa shape index (κ3) is 2.89. The van der Waals surface area contributed by atoms with E-state index < -0.39 is 5.97 Å². The Bertz CT molecular complexity index is 957. The van der Waals surface area contributed by atoms with Gasteiger partial charge in [0.15, 0.2) is 10.8 Å². The number of rotatable bonds is 5. The number of carbonyl (C=O) groups is 1. The number of hydrogen-bond acceptors (Lipinski definition) is 8. The molecule has 0 saturated carbocycles. The Kier molecular flexibility index (Phi) is 4.32. The quantitative estimate of drug-likeness (QED) is 0.714. The molecule has 0 radical (unpaired) electrons. The smallest absolute Gasteiger partial charge is 0.355 e. The van der Waals surface area contributed by atoms with Gasteiger partial charge in [0.05, 0.1) is 31.5 Å². The van der Waals surface area contributed by atoms with E-state index in [1.807, 2.05) is 6.07 Å². The van der Waals surface area contributed by atoms with Gasteiger partial charge >= 0.3 is 5.97 Å². The fraction of sp³-hybridized carbons (Fsp3) is 0.188. The number of nitrogens with zero attached hydrogens (tertiary/aromatic N) is 3. The number of nitrogens with two attached hydrogens (primary N) is 1. The van der Waals surface area contributed by atoms with Crippen molar-refractivity contribution in [2.75, 3.05) is 31.9 Å². The van der Waals surface area contributed by atoms with Crippen molar-refractivity contribution >= 4 is 44.7 Å². The number of pyridine rings is 1. The van der Waals surface area contributed by atoms with Gasteiger partial charge < -0.3 is 25.2 Å². The highest BCUT2D eigenvalue weighted by molar-refractivity contribution is 7.14. The SMILES string of the molecule is COc1cc(OC)c2c(N)ncc(N(C)c3nc(C(=O)O)cs3)c2c1. The van der Waals surface area contributed by atoms with Crippen LogP contribution >= 0.6 is 11.3 Å². The molecule has 0 bridgehead atoms. The molecule has 2 heterocycles. The number of carboxylic acid groups (broad SMARTS) is 1. The van der Waals surface area contributed by atoms with E-state index in [0.717, 1.165) is 5.39 Å². The van der Waals surface area contributed by atoms with Gasteiger partial charge in [0.1, 0.15) is 17.3 Å². The molecule has 0 saturated heterocycles. The van der Waals surface area contributed by atoms with E-state index in [1.54, 1.807) is 38.4 Å². The van der Waals surface area contributed by atoms with Crippen LogP contribution in [0.25, 0.3) is 10.8 Å². The van der Waals surface area contributed by atoms with Crippen LogP contribution in [0.5, 0.6) is 11.5 Å². The molecule has 1 aromatic carbocycles. The van der Waals surface area contributed by atoms with Gasteiger partial charge in [-0.2, -0.15) is 0 Å². The number of hydrogen-bond donors (Lipinski definition) is 2. The van der Waals surface area contributed by atoms with Gasteiger partial charge in [-0.3, -0.25) is 0 Å². The molecular formula is C16H16N4O4S. The number of thiazole rings is 1. The molecule has 0 fully saturated rings. The number of benzene rings is 1. The minimum atomic E-state index is -1.07. The minimum Gasteiger partial charge on any atom is -0.497 e. The Balaban J connectivity index is 2.21. The van der Waals surface area contributed by atoms with Crippen LogP contribution in [0.3, 0.4) is 0 Å². The Morgan fingerprint density at radius 1 is 1.32 bits per heavy atom. The zero-order valence-corrected chi connectivity index (χ0v) is 14.6. The van der Waals surface area contributed by atoms with Crippen LogP contribution in [0.1, 0.15) is 10.5 Å². The summed E-state index contributed by atoms with van der Waals surface area (Å²) in [6, 6.07) is 3.56. The highest BCUT2D eigenvalue weighted by Crippen LogP contribution is 2.40. The Hall–Kier alpha value is -3.07. The number of methoxy groups -OCH3 is 2. The van der Waals surface area contributed by atoms with Crippen LogP contribution in [-0.2, 0) is 0 Å². The average Bonchev–Trinajstić information content (AvgIpc) is 3.11. The van der Waals surface area contributed by atoms with Gasteiger partial charge in [-0.05, 0) is 6.07 Å². The lowest BCUT2D eigenvalue weighted by Crippen LogP contribution is -2.11. The predicted octanol–water partition coefficient (Wildman–Crippen LogP) is 2.76. The first-order chi connectivity index (χ1) is 12.0. The lowest BCUT2D eigenvalue weighted by atomic mass is 10.1. The van der Waals surface area contributed by atoms with Crippen LogP contribution in [0.4, 0.5) is 16.6 Å². The van der Waals surface area contributed by atoms with E-state index in [0.29, 0.717) is 33.5 Å². The second-order valence-electron chi connectivity index (χ2n) is 5.16. The van der Waals surface area contributed by atoms with Crippen LogP contribution in [0.2, 0.25) is 0 Å². The molecule has 3 N–H and O–H groups in total. The summed E-state index contributed by atoms with van der Waals surface area (Å²) in [5, 5.41) is 12.5. The number of ether oxygens (including phenoxy) is 2. The molecule has 0 amide bonds. The summed E-state index contributed by atoms with van der Waals surface area (Å²) in [5.41, 5.74) is 6.73. The number of aromatic nitrogens is 2. The second-order valence-corrected chi connectivity index (χ2v) is 6.00. The topological polar surface area (TPSA) is 111 Å². The molecular weight excluding hydrogens is 344 g/mol.